The van der Waals surface area contributed by atoms with Crippen molar-refractivity contribution in [2.45, 2.75) is 19.3 Å². The van der Waals surface area contributed by atoms with E-state index in [0.29, 0.717) is 13.0 Å². The van der Waals surface area contributed by atoms with Gasteiger partial charge in [-0.05, 0) is 31.0 Å². The Hall–Kier alpha value is -1.64. The second-order valence-electron chi connectivity index (χ2n) is 3.52. The summed E-state index contributed by atoms with van der Waals surface area (Å²) in [6, 6.07) is 6.01. The number of rotatable bonds is 5. The Morgan fingerprint density at radius 1 is 1.50 bits per heavy atom. The van der Waals surface area contributed by atoms with Crippen LogP contribution >= 0.6 is 0 Å². The molecule has 1 N–H and O–H groups in total. The number of allylic oxidation sites excluding steroid dienone is 1. The number of carbonyl (C=O) groups is 1. The van der Waals surface area contributed by atoms with Crippen molar-refractivity contribution in [2.75, 3.05) is 6.54 Å². The molecule has 1 atom stereocenters. The molecule has 0 saturated heterocycles. The summed E-state index contributed by atoms with van der Waals surface area (Å²) in [7, 11) is 0. The third-order valence-electron chi connectivity index (χ3n) is 2.34. The molecule has 3 heteroatoms. The van der Waals surface area contributed by atoms with Crippen LogP contribution < -0.4 is 5.32 Å². The Labute approximate surface area is 95.2 Å². The number of benzene rings is 1. The van der Waals surface area contributed by atoms with Crippen LogP contribution in [0.3, 0.4) is 0 Å². The summed E-state index contributed by atoms with van der Waals surface area (Å²) in [5.41, 5.74) is 0.812. The molecule has 0 heterocycles. The maximum absolute atomic E-state index is 12.8. The first-order valence-corrected chi connectivity index (χ1v) is 5.33. The van der Waals surface area contributed by atoms with Crippen LogP contribution in [-0.2, 0) is 4.79 Å². The highest BCUT2D eigenvalue weighted by atomic mass is 19.1. The van der Waals surface area contributed by atoms with Crippen LogP contribution in [0.4, 0.5) is 4.39 Å². The first kappa shape index (κ1) is 12.4. The fourth-order valence-electron chi connectivity index (χ4n) is 1.55. The topological polar surface area (TPSA) is 29.1 Å². The highest BCUT2D eigenvalue weighted by Gasteiger charge is 2.18. The Morgan fingerprint density at radius 3 is 2.62 bits per heavy atom. The lowest BCUT2D eigenvalue weighted by Gasteiger charge is -2.14. The minimum Gasteiger partial charge on any atom is -0.356 e. The number of carbonyl (C=O) groups excluding carboxylic acids is 1. The normalized spacial score (nSPS) is 11.9. The summed E-state index contributed by atoms with van der Waals surface area (Å²) in [4.78, 5) is 11.8. The molecule has 2 nitrogen and oxygen atoms in total. The zero-order chi connectivity index (χ0) is 12.0. The highest BCUT2D eigenvalue weighted by molar-refractivity contribution is 5.83. The van der Waals surface area contributed by atoms with Crippen molar-refractivity contribution in [3.63, 3.8) is 0 Å². The molecule has 1 amide bonds. The van der Waals surface area contributed by atoms with E-state index < -0.39 is 0 Å². The van der Waals surface area contributed by atoms with Gasteiger partial charge in [0.1, 0.15) is 5.82 Å². The summed E-state index contributed by atoms with van der Waals surface area (Å²) in [5.74, 6) is -0.621. The monoisotopic (exact) mass is 221 g/mol. The largest absolute Gasteiger partial charge is 0.356 e. The molecule has 0 aliphatic rings. The second-order valence-corrected chi connectivity index (χ2v) is 3.52. The number of likely N-dealkylation sites (N-methyl/N-ethyl adjacent to an activating group) is 1. The predicted octanol–water partition coefficient (Wildman–Crippen LogP) is 2.62. The zero-order valence-electron chi connectivity index (χ0n) is 9.37. The van der Waals surface area contributed by atoms with Crippen LogP contribution in [0.5, 0.6) is 0 Å². The second kappa shape index (κ2) is 6.05. The van der Waals surface area contributed by atoms with Gasteiger partial charge >= 0.3 is 0 Å². The molecule has 1 aromatic rings. The average Bonchev–Trinajstić information content (AvgIpc) is 2.28. The Kier molecular flexibility index (Phi) is 4.70. The number of nitrogens with one attached hydrogen (secondary N) is 1. The van der Waals surface area contributed by atoms with Gasteiger partial charge in [-0.2, -0.15) is 0 Å². The fraction of sp³-hybridized carbons (Fsp3) is 0.308. The number of hydrogen-bond acceptors (Lipinski definition) is 1. The van der Waals surface area contributed by atoms with Crippen LogP contribution in [0.1, 0.15) is 24.8 Å². The average molecular weight is 221 g/mol. The maximum atomic E-state index is 12.8. The van der Waals surface area contributed by atoms with E-state index in [2.05, 4.69) is 11.9 Å². The summed E-state index contributed by atoms with van der Waals surface area (Å²) < 4.78 is 12.8. The van der Waals surface area contributed by atoms with E-state index in [9.17, 15) is 9.18 Å². The first-order valence-electron chi connectivity index (χ1n) is 5.33. The third-order valence-corrected chi connectivity index (χ3v) is 2.34. The van der Waals surface area contributed by atoms with Gasteiger partial charge in [0.25, 0.3) is 0 Å². The van der Waals surface area contributed by atoms with Crippen molar-refractivity contribution in [3.8, 4) is 0 Å². The van der Waals surface area contributed by atoms with Crippen LogP contribution in [0.25, 0.3) is 0 Å². The van der Waals surface area contributed by atoms with Gasteiger partial charge in [-0.1, -0.05) is 18.2 Å². The maximum Gasteiger partial charge on any atom is 0.227 e. The van der Waals surface area contributed by atoms with Crippen LogP contribution in [0, 0.1) is 5.82 Å². The molecule has 86 valence electrons. The van der Waals surface area contributed by atoms with Gasteiger partial charge in [-0.3, -0.25) is 4.79 Å². The Morgan fingerprint density at radius 2 is 2.12 bits per heavy atom. The first-order chi connectivity index (χ1) is 7.69. The summed E-state index contributed by atoms with van der Waals surface area (Å²) in [6.07, 6.45) is 2.25. The lowest BCUT2D eigenvalue weighted by Crippen LogP contribution is -2.28. The lowest BCUT2D eigenvalue weighted by atomic mass is 9.95. The van der Waals surface area contributed by atoms with Crippen molar-refractivity contribution in [2.24, 2.45) is 0 Å². The van der Waals surface area contributed by atoms with Gasteiger partial charge in [0.2, 0.25) is 5.91 Å². The van der Waals surface area contributed by atoms with Crippen molar-refractivity contribution in [1.29, 1.82) is 0 Å². The van der Waals surface area contributed by atoms with Gasteiger partial charge in [-0.15, -0.1) is 6.58 Å². The van der Waals surface area contributed by atoms with Crippen LogP contribution in [0.2, 0.25) is 0 Å². The fourth-order valence-corrected chi connectivity index (χ4v) is 1.55. The Balaban J connectivity index is 2.88. The standard InChI is InChI=1S/C13H16FNO/c1-3-5-12(13(16)15-4-2)10-6-8-11(14)9-7-10/h3,6-9,12H,1,4-5H2,2H3,(H,15,16). The van der Waals surface area contributed by atoms with E-state index in [1.165, 1.54) is 12.1 Å². The minimum absolute atomic E-state index is 0.0472. The van der Waals surface area contributed by atoms with Gasteiger partial charge in [0.05, 0.1) is 5.92 Å². The van der Waals surface area contributed by atoms with Crippen molar-refractivity contribution >= 4 is 5.91 Å². The van der Waals surface area contributed by atoms with Crippen molar-refractivity contribution in [1.82, 2.24) is 5.32 Å². The van der Waals surface area contributed by atoms with Crippen LogP contribution in [0.15, 0.2) is 36.9 Å². The van der Waals surface area contributed by atoms with Crippen molar-refractivity contribution in [3.05, 3.63) is 48.3 Å². The van der Waals surface area contributed by atoms with E-state index in [0.717, 1.165) is 5.56 Å². The van der Waals surface area contributed by atoms with Gasteiger partial charge in [0, 0.05) is 6.54 Å². The molecule has 1 aromatic carbocycles. The SMILES string of the molecule is C=CCC(C(=O)NCC)c1ccc(F)cc1. The molecule has 0 aromatic heterocycles. The summed E-state index contributed by atoms with van der Waals surface area (Å²) in [5, 5.41) is 2.76. The molecule has 1 unspecified atom stereocenters. The van der Waals surface area contributed by atoms with E-state index in [-0.39, 0.29) is 17.6 Å². The number of halogens is 1. The van der Waals surface area contributed by atoms with Gasteiger partial charge in [-0.25, -0.2) is 4.39 Å². The van der Waals surface area contributed by atoms with E-state index >= 15 is 0 Å². The predicted molar refractivity (Wildman–Crippen MR) is 62.6 cm³/mol. The molecular formula is C13H16FNO. The quantitative estimate of drug-likeness (QED) is 0.761. The molecule has 0 fully saturated rings. The van der Waals surface area contributed by atoms with Gasteiger partial charge in [0.15, 0.2) is 0 Å². The molecule has 0 aliphatic heterocycles. The molecule has 16 heavy (non-hydrogen) atoms. The van der Waals surface area contributed by atoms with Crippen LogP contribution in [-0.4, -0.2) is 12.5 Å². The van der Waals surface area contributed by atoms with Crippen molar-refractivity contribution < 1.29 is 9.18 Å². The number of hydrogen-bond donors (Lipinski definition) is 1. The molecular weight excluding hydrogens is 205 g/mol. The third kappa shape index (κ3) is 3.19. The highest BCUT2D eigenvalue weighted by Crippen LogP contribution is 2.20. The Bertz CT molecular complexity index is 359. The molecule has 0 spiro atoms. The summed E-state index contributed by atoms with van der Waals surface area (Å²) >= 11 is 0. The molecule has 0 aliphatic carbocycles. The summed E-state index contributed by atoms with van der Waals surface area (Å²) in [6.45, 7) is 6.09. The molecule has 0 saturated carbocycles. The van der Waals surface area contributed by atoms with E-state index in [1.54, 1.807) is 18.2 Å². The smallest absolute Gasteiger partial charge is 0.227 e. The zero-order valence-corrected chi connectivity index (χ0v) is 9.37. The van der Waals surface area contributed by atoms with Gasteiger partial charge < -0.3 is 5.32 Å². The van der Waals surface area contributed by atoms with E-state index in [4.69, 9.17) is 0 Å². The minimum atomic E-state index is -0.294. The lowest BCUT2D eigenvalue weighted by molar-refractivity contribution is -0.122. The number of amides is 1. The molecule has 0 radical (unpaired) electrons. The molecule has 1 rings (SSSR count). The van der Waals surface area contributed by atoms with E-state index in [1.807, 2.05) is 6.92 Å². The molecule has 0 bridgehead atoms.